The number of carbonyl (C=O) groups excluding carboxylic acids is 2. The van der Waals surface area contributed by atoms with Crippen LogP contribution in [0.4, 0.5) is 0 Å². The lowest BCUT2D eigenvalue weighted by Crippen LogP contribution is -2.40. The second-order valence-corrected chi connectivity index (χ2v) is 9.76. The summed E-state index contributed by atoms with van der Waals surface area (Å²) in [6.45, 7) is 0.418. The van der Waals surface area contributed by atoms with Gasteiger partial charge in [0.25, 0.3) is 11.8 Å². The van der Waals surface area contributed by atoms with Crippen LogP contribution in [0, 0.1) is 35.5 Å². The number of amides is 2. The van der Waals surface area contributed by atoms with E-state index >= 15 is 0 Å². The summed E-state index contributed by atoms with van der Waals surface area (Å²) in [5, 5.41) is 5.45. The van der Waals surface area contributed by atoms with Crippen LogP contribution in [0.25, 0.3) is 0 Å². The largest absolute Gasteiger partial charge is 0.488 e. The summed E-state index contributed by atoms with van der Waals surface area (Å²) in [7, 11) is 0. The molecule has 6 atom stereocenters. The van der Waals surface area contributed by atoms with Gasteiger partial charge in [-0.3, -0.25) is 9.59 Å². The van der Waals surface area contributed by atoms with Crippen LogP contribution in [0.2, 0.25) is 0 Å². The van der Waals surface area contributed by atoms with Crippen LogP contribution in [-0.4, -0.2) is 23.0 Å². The zero-order valence-electron chi connectivity index (χ0n) is 16.7. The van der Waals surface area contributed by atoms with E-state index < -0.39 is 0 Å². The van der Waals surface area contributed by atoms with E-state index in [0.29, 0.717) is 24.2 Å². The standard InChI is InChI=1S/C25H21BrN2O3/c26-16-7-5-14(6-8-16)13-31-21-4-2-1-3-15(21)12-27-28-24(29)22-17-9-10-18(20-11-19(17)20)23(22)25(28)30/h1-10,12,17-20,22-23H,11,13H2/b27-12-/t17-,18+,19-,20-,22+,23-/m1/s1. The van der Waals surface area contributed by atoms with E-state index in [0.717, 1.165) is 27.0 Å². The number of ether oxygens (including phenoxy) is 1. The van der Waals surface area contributed by atoms with Crippen molar-refractivity contribution in [2.24, 2.45) is 40.6 Å². The average Bonchev–Trinajstić information content (AvgIpc) is 3.57. The fraction of sp³-hybridized carbons (Fsp3) is 0.320. The number of imide groups is 1. The van der Waals surface area contributed by atoms with Crippen LogP contribution in [0.15, 0.2) is 70.3 Å². The molecule has 1 aliphatic heterocycles. The van der Waals surface area contributed by atoms with Crippen molar-refractivity contribution < 1.29 is 14.3 Å². The highest BCUT2D eigenvalue weighted by molar-refractivity contribution is 9.10. The number of hydrogen-bond donors (Lipinski definition) is 0. The number of nitrogens with zero attached hydrogens (tertiary/aromatic N) is 2. The van der Waals surface area contributed by atoms with Gasteiger partial charge in [-0.2, -0.15) is 10.1 Å². The Labute approximate surface area is 188 Å². The fourth-order valence-corrected chi connectivity index (χ4v) is 5.90. The first-order valence-corrected chi connectivity index (χ1v) is 11.5. The van der Waals surface area contributed by atoms with Crippen LogP contribution in [0.1, 0.15) is 17.5 Å². The molecule has 2 aromatic carbocycles. The summed E-state index contributed by atoms with van der Waals surface area (Å²) in [5.74, 6) is 1.49. The van der Waals surface area contributed by atoms with E-state index in [9.17, 15) is 9.59 Å². The van der Waals surface area contributed by atoms with Crippen LogP contribution in [0.5, 0.6) is 5.75 Å². The van der Waals surface area contributed by atoms with Gasteiger partial charge < -0.3 is 4.74 Å². The second kappa shape index (κ2) is 7.16. The molecule has 31 heavy (non-hydrogen) atoms. The van der Waals surface area contributed by atoms with Crippen LogP contribution >= 0.6 is 15.9 Å². The Hall–Kier alpha value is -2.73. The number of para-hydroxylation sites is 1. The molecule has 5 aliphatic rings. The van der Waals surface area contributed by atoms with Gasteiger partial charge in [0.15, 0.2) is 0 Å². The summed E-state index contributed by atoms with van der Waals surface area (Å²) in [4.78, 5) is 26.1. The maximum Gasteiger partial charge on any atom is 0.254 e. The SMILES string of the molecule is O=C1[C@@H]2[C@H]3C=C[C@H]([C@H]4C[C@H]34)[C@@H]2C(=O)N1/N=C\c1ccccc1OCc1ccc(Br)cc1. The minimum atomic E-state index is -0.229. The number of hydrazone groups is 1. The molecular weight excluding hydrogens is 456 g/mol. The number of carbonyl (C=O) groups is 2. The molecule has 0 N–H and O–H groups in total. The molecule has 5 nitrogen and oxygen atoms in total. The average molecular weight is 477 g/mol. The molecule has 2 aromatic rings. The summed E-state index contributed by atoms with van der Waals surface area (Å²) in [6, 6.07) is 15.5. The van der Waals surface area contributed by atoms with E-state index in [-0.39, 0.29) is 35.5 Å². The molecule has 2 saturated carbocycles. The molecule has 0 unspecified atom stereocenters. The van der Waals surface area contributed by atoms with Crippen LogP contribution in [0.3, 0.4) is 0 Å². The summed E-state index contributed by atoms with van der Waals surface area (Å²) >= 11 is 3.43. The lowest BCUT2D eigenvalue weighted by atomic mass is 9.63. The van der Waals surface area contributed by atoms with Crippen molar-refractivity contribution in [2.45, 2.75) is 13.0 Å². The molecule has 1 heterocycles. The number of hydrogen-bond acceptors (Lipinski definition) is 4. The predicted octanol–water partition coefficient (Wildman–Crippen LogP) is 4.42. The molecule has 156 valence electrons. The molecule has 7 rings (SSSR count). The second-order valence-electron chi connectivity index (χ2n) is 8.84. The molecule has 2 bridgehead atoms. The van der Waals surface area contributed by atoms with Gasteiger partial charge in [-0.25, -0.2) is 0 Å². The Morgan fingerprint density at radius 2 is 1.61 bits per heavy atom. The smallest absolute Gasteiger partial charge is 0.254 e. The first-order chi connectivity index (χ1) is 15.1. The van der Waals surface area contributed by atoms with Crippen molar-refractivity contribution in [1.82, 2.24) is 5.01 Å². The molecule has 1 saturated heterocycles. The van der Waals surface area contributed by atoms with E-state index in [1.165, 1.54) is 0 Å². The lowest BCUT2D eigenvalue weighted by molar-refractivity contribution is -0.140. The zero-order valence-corrected chi connectivity index (χ0v) is 18.3. The molecule has 4 aliphatic carbocycles. The molecule has 0 aromatic heterocycles. The van der Waals surface area contributed by atoms with Crippen molar-refractivity contribution in [2.75, 3.05) is 0 Å². The van der Waals surface area contributed by atoms with Gasteiger partial charge in [-0.15, -0.1) is 0 Å². The van der Waals surface area contributed by atoms with E-state index in [2.05, 4.69) is 33.2 Å². The van der Waals surface area contributed by atoms with Gasteiger partial charge in [0.05, 0.1) is 18.1 Å². The first kappa shape index (κ1) is 19.0. The molecule has 0 radical (unpaired) electrons. The number of rotatable bonds is 5. The van der Waals surface area contributed by atoms with Gasteiger partial charge in [0, 0.05) is 10.0 Å². The van der Waals surface area contributed by atoms with Crippen molar-refractivity contribution >= 4 is 34.0 Å². The highest BCUT2D eigenvalue weighted by Crippen LogP contribution is 2.65. The van der Waals surface area contributed by atoms with Crippen molar-refractivity contribution in [3.63, 3.8) is 0 Å². The Morgan fingerprint density at radius 3 is 2.29 bits per heavy atom. The maximum atomic E-state index is 13.1. The molecule has 0 spiro atoms. The fourth-order valence-electron chi connectivity index (χ4n) is 5.64. The third-order valence-corrected chi connectivity index (χ3v) is 7.71. The molecular formula is C25H21BrN2O3. The molecule has 2 amide bonds. The number of allylic oxidation sites excluding steroid dienone is 2. The van der Waals surface area contributed by atoms with Gasteiger partial charge >= 0.3 is 0 Å². The van der Waals surface area contributed by atoms with Gasteiger partial charge in [0.1, 0.15) is 12.4 Å². The van der Waals surface area contributed by atoms with Crippen molar-refractivity contribution in [3.05, 3.63) is 76.3 Å². The van der Waals surface area contributed by atoms with E-state index in [1.807, 2.05) is 48.5 Å². The number of benzene rings is 2. The normalized spacial score (nSPS) is 32.5. The third-order valence-electron chi connectivity index (χ3n) is 7.18. The lowest BCUT2D eigenvalue weighted by Gasteiger charge is -2.37. The summed E-state index contributed by atoms with van der Waals surface area (Å²) in [6.07, 6.45) is 7.07. The van der Waals surface area contributed by atoms with Crippen molar-refractivity contribution in [1.29, 1.82) is 0 Å². The highest BCUT2D eigenvalue weighted by Gasteiger charge is 2.67. The number of halogens is 1. The zero-order chi connectivity index (χ0) is 21.1. The van der Waals surface area contributed by atoms with Crippen LogP contribution in [-0.2, 0) is 16.2 Å². The predicted molar refractivity (Wildman–Crippen MR) is 119 cm³/mol. The minimum absolute atomic E-state index is 0.149. The summed E-state index contributed by atoms with van der Waals surface area (Å²) < 4.78 is 7.00. The molecule has 6 heteroatoms. The Morgan fingerprint density at radius 1 is 0.968 bits per heavy atom. The minimum Gasteiger partial charge on any atom is -0.488 e. The molecule has 3 fully saturated rings. The quantitative estimate of drug-likeness (QED) is 0.364. The highest BCUT2D eigenvalue weighted by atomic mass is 79.9. The Kier molecular flexibility index (Phi) is 4.39. The van der Waals surface area contributed by atoms with Crippen molar-refractivity contribution in [3.8, 4) is 5.75 Å². The topological polar surface area (TPSA) is 59.0 Å². The monoisotopic (exact) mass is 476 g/mol. The van der Waals surface area contributed by atoms with E-state index in [4.69, 9.17) is 4.74 Å². The Balaban J connectivity index is 1.21. The van der Waals surface area contributed by atoms with Crippen LogP contribution < -0.4 is 4.74 Å². The van der Waals surface area contributed by atoms with Gasteiger partial charge in [0.2, 0.25) is 0 Å². The maximum absolute atomic E-state index is 13.1. The third kappa shape index (κ3) is 3.07. The summed E-state index contributed by atoms with van der Waals surface area (Å²) in [5.41, 5.74) is 1.78. The van der Waals surface area contributed by atoms with Gasteiger partial charge in [-0.05, 0) is 59.9 Å². The Bertz CT molecular complexity index is 1090. The van der Waals surface area contributed by atoms with E-state index in [1.54, 1.807) is 6.21 Å². The van der Waals surface area contributed by atoms with Gasteiger partial charge in [-0.1, -0.05) is 52.3 Å². The first-order valence-electron chi connectivity index (χ1n) is 10.7.